The van der Waals surface area contributed by atoms with Crippen LogP contribution in [-0.4, -0.2) is 42.5 Å². The highest BCUT2D eigenvalue weighted by atomic mass is 16.7. The zero-order chi connectivity index (χ0) is 21.7. The molecule has 0 saturated carbocycles. The molecule has 3 rings (SSSR count). The minimum absolute atomic E-state index is 0.0472. The van der Waals surface area contributed by atoms with Crippen LogP contribution >= 0.6 is 0 Å². The number of nitrogens with zero attached hydrogens (tertiary/aromatic N) is 2. The monoisotopic (exact) mass is 411 g/mol. The standard InChI is InChI=1S/C21H21N3O6/c1-22-21(26)15-5-3-14(4-6-15)11-23(2)19(25)8-7-16-9-18(24(27)28)10-17-12-29-13-30-20(16)17/h3-10H,11-13H2,1-2H3,(H,22,26)/b8-7+. The number of non-ortho nitro benzene ring substituents is 1. The Morgan fingerprint density at radius 2 is 2.00 bits per heavy atom. The zero-order valence-corrected chi connectivity index (χ0v) is 16.6. The normalized spacial score (nSPS) is 12.7. The largest absolute Gasteiger partial charge is 0.467 e. The van der Waals surface area contributed by atoms with Gasteiger partial charge in [0.05, 0.1) is 11.5 Å². The Labute approximate surface area is 173 Å². The maximum absolute atomic E-state index is 12.5. The topological polar surface area (TPSA) is 111 Å². The molecule has 9 heteroatoms. The molecule has 0 saturated heterocycles. The molecule has 0 aliphatic carbocycles. The fourth-order valence-electron chi connectivity index (χ4n) is 3.01. The maximum Gasteiger partial charge on any atom is 0.270 e. The minimum Gasteiger partial charge on any atom is -0.467 e. The van der Waals surface area contributed by atoms with E-state index in [2.05, 4.69) is 5.32 Å². The van der Waals surface area contributed by atoms with E-state index in [9.17, 15) is 19.7 Å². The van der Waals surface area contributed by atoms with E-state index in [4.69, 9.17) is 9.47 Å². The van der Waals surface area contributed by atoms with Crippen molar-refractivity contribution in [2.75, 3.05) is 20.9 Å². The third-order valence-corrected chi connectivity index (χ3v) is 4.58. The average molecular weight is 411 g/mol. The molecule has 1 aliphatic heterocycles. The highest BCUT2D eigenvalue weighted by molar-refractivity contribution is 5.94. The molecule has 2 amide bonds. The fourth-order valence-corrected chi connectivity index (χ4v) is 3.01. The Morgan fingerprint density at radius 1 is 1.27 bits per heavy atom. The van der Waals surface area contributed by atoms with Crippen LogP contribution in [0.1, 0.15) is 27.0 Å². The first-order valence-corrected chi connectivity index (χ1v) is 9.15. The van der Waals surface area contributed by atoms with E-state index < -0.39 is 4.92 Å². The molecule has 9 nitrogen and oxygen atoms in total. The van der Waals surface area contributed by atoms with Crippen LogP contribution < -0.4 is 10.1 Å². The number of carbonyl (C=O) groups is 2. The lowest BCUT2D eigenvalue weighted by atomic mass is 10.1. The van der Waals surface area contributed by atoms with Gasteiger partial charge in [-0.25, -0.2) is 0 Å². The first-order chi connectivity index (χ1) is 14.4. The summed E-state index contributed by atoms with van der Waals surface area (Å²) in [7, 11) is 3.21. The summed E-state index contributed by atoms with van der Waals surface area (Å²) in [6.45, 7) is 0.595. The lowest BCUT2D eigenvalue weighted by Gasteiger charge is -2.19. The van der Waals surface area contributed by atoms with Gasteiger partial charge in [0.2, 0.25) is 5.91 Å². The van der Waals surface area contributed by atoms with Gasteiger partial charge in [0, 0.05) is 55.5 Å². The summed E-state index contributed by atoms with van der Waals surface area (Å²) in [5.74, 6) is 0.0165. The second kappa shape index (κ2) is 9.19. The molecule has 1 heterocycles. The summed E-state index contributed by atoms with van der Waals surface area (Å²) in [4.78, 5) is 36.3. The van der Waals surface area contributed by atoms with Crippen molar-refractivity contribution in [1.29, 1.82) is 0 Å². The highest BCUT2D eigenvalue weighted by Gasteiger charge is 2.20. The molecule has 0 atom stereocenters. The van der Waals surface area contributed by atoms with E-state index in [0.29, 0.717) is 29.0 Å². The molecule has 2 aromatic rings. The Bertz CT molecular complexity index is 1000. The van der Waals surface area contributed by atoms with Crippen LogP contribution in [-0.2, 0) is 22.7 Å². The fraction of sp³-hybridized carbons (Fsp3) is 0.238. The summed E-state index contributed by atoms with van der Waals surface area (Å²) in [5.41, 5.74) is 2.31. The van der Waals surface area contributed by atoms with Crippen LogP contribution in [0.4, 0.5) is 5.69 Å². The lowest BCUT2D eigenvalue weighted by Crippen LogP contribution is -2.24. The maximum atomic E-state index is 12.5. The van der Waals surface area contributed by atoms with Gasteiger partial charge >= 0.3 is 0 Å². The number of benzene rings is 2. The molecular weight excluding hydrogens is 390 g/mol. The molecule has 0 aromatic heterocycles. The number of fused-ring (bicyclic) bond motifs is 1. The zero-order valence-electron chi connectivity index (χ0n) is 16.6. The summed E-state index contributed by atoms with van der Waals surface area (Å²) in [5, 5.41) is 13.7. The summed E-state index contributed by atoms with van der Waals surface area (Å²) in [6.07, 6.45) is 2.85. The molecule has 30 heavy (non-hydrogen) atoms. The van der Waals surface area contributed by atoms with Gasteiger partial charge in [0.15, 0.2) is 6.79 Å². The Hall–Kier alpha value is -3.72. The number of likely N-dealkylation sites (N-methyl/N-ethyl adjacent to an activating group) is 1. The van der Waals surface area contributed by atoms with Gasteiger partial charge < -0.3 is 19.7 Å². The number of rotatable bonds is 6. The van der Waals surface area contributed by atoms with Crippen molar-refractivity contribution in [2.45, 2.75) is 13.2 Å². The Balaban J connectivity index is 1.73. The molecule has 0 unspecified atom stereocenters. The smallest absolute Gasteiger partial charge is 0.270 e. The number of hydrogen-bond acceptors (Lipinski definition) is 6. The van der Waals surface area contributed by atoms with Crippen molar-refractivity contribution in [1.82, 2.24) is 10.2 Å². The van der Waals surface area contributed by atoms with E-state index in [0.717, 1.165) is 5.56 Å². The van der Waals surface area contributed by atoms with Gasteiger partial charge in [-0.3, -0.25) is 19.7 Å². The van der Waals surface area contributed by atoms with E-state index in [1.807, 2.05) is 0 Å². The molecule has 1 N–H and O–H groups in total. The van der Waals surface area contributed by atoms with Gasteiger partial charge in [-0.2, -0.15) is 0 Å². The van der Waals surface area contributed by atoms with Crippen molar-refractivity contribution >= 4 is 23.6 Å². The predicted molar refractivity (Wildman–Crippen MR) is 109 cm³/mol. The van der Waals surface area contributed by atoms with Crippen LogP contribution in [0.3, 0.4) is 0 Å². The van der Waals surface area contributed by atoms with Crippen molar-refractivity contribution in [2.24, 2.45) is 0 Å². The van der Waals surface area contributed by atoms with Gasteiger partial charge in [-0.05, 0) is 23.8 Å². The number of carbonyl (C=O) groups excluding carboxylic acids is 2. The van der Waals surface area contributed by atoms with Crippen molar-refractivity contribution < 1.29 is 24.0 Å². The SMILES string of the molecule is CNC(=O)c1ccc(CN(C)C(=O)/C=C/c2cc([N+](=O)[O-])cc3c2OCOC3)cc1. The van der Waals surface area contributed by atoms with E-state index in [-0.39, 0.29) is 30.9 Å². The van der Waals surface area contributed by atoms with Crippen LogP contribution in [0.15, 0.2) is 42.5 Å². The number of nitrogens with one attached hydrogen (secondary N) is 1. The summed E-state index contributed by atoms with van der Waals surface area (Å²) >= 11 is 0. The molecule has 1 aliphatic rings. The van der Waals surface area contributed by atoms with Crippen LogP contribution in [0.2, 0.25) is 0 Å². The number of hydrogen-bond donors (Lipinski definition) is 1. The number of ether oxygens (including phenoxy) is 2. The van der Waals surface area contributed by atoms with Crippen molar-refractivity contribution in [3.05, 3.63) is 74.8 Å². The summed E-state index contributed by atoms with van der Waals surface area (Å²) in [6, 6.07) is 9.72. The van der Waals surface area contributed by atoms with Crippen molar-refractivity contribution in [3.8, 4) is 5.75 Å². The summed E-state index contributed by atoms with van der Waals surface area (Å²) < 4.78 is 10.6. The Kier molecular flexibility index (Phi) is 6.43. The lowest BCUT2D eigenvalue weighted by molar-refractivity contribution is -0.385. The first kappa shape index (κ1) is 21.0. The second-order valence-corrected chi connectivity index (χ2v) is 6.69. The molecule has 0 spiro atoms. The van der Waals surface area contributed by atoms with E-state index in [1.54, 1.807) is 38.4 Å². The average Bonchev–Trinajstić information content (AvgIpc) is 2.76. The number of nitro groups is 1. The van der Waals surface area contributed by atoms with Gasteiger partial charge in [-0.15, -0.1) is 0 Å². The first-order valence-electron chi connectivity index (χ1n) is 9.15. The van der Waals surface area contributed by atoms with Crippen molar-refractivity contribution in [3.63, 3.8) is 0 Å². The number of nitro benzene ring substituents is 1. The predicted octanol–water partition coefficient (Wildman–Crippen LogP) is 2.49. The van der Waals surface area contributed by atoms with Gasteiger partial charge in [-0.1, -0.05) is 12.1 Å². The highest BCUT2D eigenvalue weighted by Crippen LogP contribution is 2.33. The molecule has 0 radical (unpaired) electrons. The molecule has 0 fully saturated rings. The molecule has 0 bridgehead atoms. The van der Waals surface area contributed by atoms with E-state index in [1.165, 1.54) is 29.2 Å². The minimum atomic E-state index is -0.497. The third kappa shape index (κ3) is 4.81. The van der Waals surface area contributed by atoms with Crippen LogP contribution in [0.5, 0.6) is 5.75 Å². The van der Waals surface area contributed by atoms with Gasteiger partial charge in [0.1, 0.15) is 5.75 Å². The van der Waals surface area contributed by atoms with Crippen LogP contribution in [0, 0.1) is 10.1 Å². The van der Waals surface area contributed by atoms with Crippen LogP contribution in [0.25, 0.3) is 6.08 Å². The molecule has 2 aromatic carbocycles. The molecular formula is C21H21N3O6. The second-order valence-electron chi connectivity index (χ2n) is 6.69. The Morgan fingerprint density at radius 3 is 2.67 bits per heavy atom. The van der Waals surface area contributed by atoms with E-state index >= 15 is 0 Å². The van der Waals surface area contributed by atoms with Gasteiger partial charge in [0.25, 0.3) is 11.6 Å². The quantitative estimate of drug-likeness (QED) is 0.444. The number of amides is 2. The molecule has 156 valence electrons. The third-order valence-electron chi connectivity index (χ3n) is 4.58.